The molecule has 0 aliphatic heterocycles. The highest BCUT2D eigenvalue weighted by molar-refractivity contribution is 6.13. The van der Waals surface area contributed by atoms with Crippen LogP contribution in [0.25, 0.3) is 22.2 Å². The van der Waals surface area contributed by atoms with Crippen molar-refractivity contribution in [1.29, 1.82) is 0 Å². The van der Waals surface area contributed by atoms with Gasteiger partial charge >= 0.3 is 6.18 Å². The third kappa shape index (κ3) is 4.79. The molecule has 0 saturated heterocycles. The minimum Gasteiger partial charge on any atom is -0.398 e. The molecule has 2 heterocycles. The minimum absolute atomic E-state index is 0.0214. The minimum atomic E-state index is -4.52. The predicted molar refractivity (Wildman–Crippen MR) is 126 cm³/mol. The maximum Gasteiger partial charge on any atom is 0.417 e. The number of halogens is 3. The van der Waals surface area contributed by atoms with Gasteiger partial charge in [0.05, 0.1) is 16.8 Å². The highest BCUT2D eigenvalue weighted by Gasteiger charge is 2.33. The monoisotopic (exact) mass is 449 g/mol. The second-order valence-corrected chi connectivity index (χ2v) is 7.41. The van der Waals surface area contributed by atoms with Crippen LogP contribution in [0.2, 0.25) is 0 Å². The van der Waals surface area contributed by atoms with E-state index in [0.717, 1.165) is 12.5 Å². The quantitative estimate of drug-likeness (QED) is 0.217. The van der Waals surface area contributed by atoms with Crippen LogP contribution in [0.1, 0.15) is 24.5 Å². The Balaban J connectivity index is 1.89. The number of aromatic nitrogens is 2. The summed E-state index contributed by atoms with van der Waals surface area (Å²) < 4.78 is 41.0. The molecule has 0 aliphatic rings. The number of fused-ring (bicyclic) bond motifs is 1. The van der Waals surface area contributed by atoms with Crippen LogP contribution in [0, 0.1) is 0 Å². The van der Waals surface area contributed by atoms with E-state index in [-0.39, 0.29) is 11.3 Å². The van der Waals surface area contributed by atoms with Crippen molar-refractivity contribution in [3.05, 3.63) is 84.1 Å². The lowest BCUT2D eigenvalue weighted by Crippen LogP contribution is -2.18. The topological polar surface area (TPSA) is 76.2 Å². The Bertz CT molecular complexity index is 1310. The van der Waals surface area contributed by atoms with Crippen molar-refractivity contribution in [3.8, 4) is 11.3 Å². The standard InChI is InChI=1S/C25H22F3N5/c1-2-13-31-23(17-9-4-6-12-20(17)29)33-24-18-10-7-14-30-21(18)15-22(32-24)16-8-3-5-11-19(16)25(26,27)28/h3-12,14-15H,2,13,29H2,1H3,(H,31,32,33). The molecule has 3 N–H and O–H groups in total. The van der Waals surface area contributed by atoms with Gasteiger partial charge in [-0.1, -0.05) is 37.3 Å². The Morgan fingerprint density at radius 1 is 1.03 bits per heavy atom. The van der Waals surface area contributed by atoms with Gasteiger partial charge in [-0.2, -0.15) is 13.2 Å². The van der Waals surface area contributed by atoms with Crippen LogP contribution in [-0.2, 0) is 6.18 Å². The van der Waals surface area contributed by atoms with Crippen LogP contribution in [0.4, 0.5) is 24.7 Å². The maximum atomic E-state index is 13.7. The second-order valence-electron chi connectivity index (χ2n) is 7.41. The van der Waals surface area contributed by atoms with Gasteiger partial charge in [0.25, 0.3) is 0 Å². The number of anilines is 2. The first-order valence-corrected chi connectivity index (χ1v) is 10.5. The summed E-state index contributed by atoms with van der Waals surface area (Å²) in [4.78, 5) is 13.5. The van der Waals surface area contributed by atoms with Crippen LogP contribution in [0.15, 0.2) is 77.9 Å². The molecule has 168 valence electrons. The number of amidine groups is 1. The number of para-hydroxylation sites is 1. The molecular weight excluding hydrogens is 427 g/mol. The molecule has 2 aromatic heterocycles. The Morgan fingerprint density at radius 2 is 1.79 bits per heavy atom. The van der Waals surface area contributed by atoms with Crippen LogP contribution in [0.5, 0.6) is 0 Å². The summed E-state index contributed by atoms with van der Waals surface area (Å²) >= 11 is 0. The van der Waals surface area contributed by atoms with Gasteiger partial charge in [-0.15, -0.1) is 0 Å². The highest BCUT2D eigenvalue weighted by Crippen LogP contribution is 2.37. The summed E-state index contributed by atoms with van der Waals surface area (Å²) in [7, 11) is 0. The summed E-state index contributed by atoms with van der Waals surface area (Å²) in [6, 6.07) is 17.8. The first-order valence-electron chi connectivity index (χ1n) is 10.5. The summed E-state index contributed by atoms with van der Waals surface area (Å²) in [5.41, 5.74) is 7.28. The smallest absolute Gasteiger partial charge is 0.398 e. The molecule has 0 spiro atoms. The van der Waals surface area contributed by atoms with E-state index in [1.165, 1.54) is 12.1 Å². The molecule has 0 bridgehead atoms. The molecule has 2 aromatic carbocycles. The fourth-order valence-electron chi connectivity index (χ4n) is 3.50. The van der Waals surface area contributed by atoms with Gasteiger partial charge in [0, 0.05) is 34.9 Å². The van der Waals surface area contributed by atoms with E-state index in [9.17, 15) is 13.2 Å². The first kappa shape index (κ1) is 22.3. The van der Waals surface area contributed by atoms with Crippen molar-refractivity contribution >= 4 is 28.2 Å². The Morgan fingerprint density at radius 3 is 2.55 bits per heavy atom. The average molecular weight is 449 g/mol. The number of nitrogens with one attached hydrogen (secondary N) is 1. The van der Waals surface area contributed by atoms with E-state index in [0.29, 0.717) is 40.4 Å². The summed E-state index contributed by atoms with van der Waals surface area (Å²) in [5.74, 6) is 0.847. The molecule has 0 aliphatic carbocycles. The molecule has 4 aromatic rings. The number of hydrogen-bond acceptors (Lipinski definition) is 4. The number of hydrogen-bond donors (Lipinski definition) is 2. The normalized spacial score (nSPS) is 12.2. The predicted octanol–water partition coefficient (Wildman–Crippen LogP) is 6.17. The van der Waals surface area contributed by atoms with Gasteiger partial charge in [0.15, 0.2) is 0 Å². The van der Waals surface area contributed by atoms with Crippen molar-refractivity contribution in [3.63, 3.8) is 0 Å². The van der Waals surface area contributed by atoms with Gasteiger partial charge in [0.2, 0.25) is 0 Å². The van der Waals surface area contributed by atoms with E-state index in [1.54, 1.807) is 30.5 Å². The van der Waals surface area contributed by atoms with Gasteiger partial charge in [-0.3, -0.25) is 9.98 Å². The molecule has 5 nitrogen and oxygen atoms in total. The van der Waals surface area contributed by atoms with Gasteiger partial charge in [-0.05, 0) is 42.8 Å². The second kappa shape index (κ2) is 9.28. The van der Waals surface area contributed by atoms with E-state index in [1.807, 2.05) is 31.2 Å². The van der Waals surface area contributed by atoms with E-state index in [2.05, 4.69) is 20.3 Å². The number of pyridine rings is 2. The third-order valence-electron chi connectivity index (χ3n) is 5.05. The van der Waals surface area contributed by atoms with Crippen molar-refractivity contribution in [2.24, 2.45) is 4.99 Å². The zero-order valence-corrected chi connectivity index (χ0v) is 17.9. The first-order chi connectivity index (χ1) is 15.9. The summed E-state index contributed by atoms with van der Waals surface area (Å²) in [6.45, 7) is 2.55. The molecule has 8 heteroatoms. The Kier molecular flexibility index (Phi) is 6.26. The van der Waals surface area contributed by atoms with Crippen molar-refractivity contribution in [1.82, 2.24) is 9.97 Å². The SMILES string of the molecule is CCCN=C(Nc1nc(-c2ccccc2C(F)(F)F)cc2ncccc12)c1ccccc1N. The van der Waals surface area contributed by atoms with E-state index < -0.39 is 11.7 Å². The molecule has 4 rings (SSSR count). The number of alkyl halides is 3. The summed E-state index contributed by atoms with van der Waals surface area (Å²) in [5, 5.41) is 3.88. The fourth-order valence-corrected chi connectivity index (χ4v) is 3.50. The lowest BCUT2D eigenvalue weighted by atomic mass is 10.0. The number of aliphatic imine (C=N–C) groups is 1. The number of nitrogens with two attached hydrogens (primary N) is 1. The Labute approximate surface area is 189 Å². The number of benzene rings is 2. The lowest BCUT2D eigenvalue weighted by molar-refractivity contribution is -0.137. The number of rotatable bonds is 5. The fraction of sp³-hybridized carbons (Fsp3) is 0.160. The van der Waals surface area contributed by atoms with Crippen LogP contribution in [-0.4, -0.2) is 22.3 Å². The van der Waals surface area contributed by atoms with Gasteiger partial charge in [-0.25, -0.2) is 4.98 Å². The van der Waals surface area contributed by atoms with Crippen molar-refractivity contribution < 1.29 is 13.2 Å². The van der Waals surface area contributed by atoms with Crippen LogP contribution >= 0.6 is 0 Å². The molecule has 0 radical (unpaired) electrons. The molecule has 0 unspecified atom stereocenters. The van der Waals surface area contributed by atoms with Gasteiger partial charge in [0.1, 0.15) is 11.7 Å². The largest absolute Gasteiger partial charge is 0.417 e. The zero-order chi connectivity index (χ0) is 23.4. The molecule has 33 heavy (non-hydrogen) atoms. The Hall–Kier alpha value is -3.94. The molecule has 0 amide bonds. The lowest BCUT2D eigenvalue weighted by Gasteiger charge is -2.16. The number of nitrogens with zero attached hydrogens (tertiary/aromatic N) is 3. The summed E-state index contributed by atoms with van der Waals surface area (Å²) in [6.07, 6.45) is -2.11. The molecule has 0 fully saturated rings. The van der Waals surface area contributed by atoms with Gasteiger partial charge < -0.3 is 11.1 Å². The van der Waals surface area contributed by atoms with Crippen LogP contribution < -0.4 is 11.1 Å². The number of nitrogen functional groups attached to an aromatic ring is 1. The molecule has 0 atom stereocenters. The average Bonchev–Trinajstić information content (AvgIpc) is 2.81. The molecular formula is C25H22F3N5. The molecule has 0 saturated carbocycles. The highest BCUT2D eigenvalue weighted by atomic mass is 19.4. The third-order valence-corrected chi connectivity index (χ3v) is 5.05. The zero-order valence-electron chi connectivity index (χ0n) is 17.9. The van der Waals surface area contributed by atoms with E-state index >= 15 is 0 Å². The van der Waals surface area contributed by atoms with Crippen molar-refractivity contribution in [2.45, 2.75) is 19.5 Å². The van der Waals surface area contributed by atoms with Crippen molar-refractivity contribution in [2.75, 3.05) is 17.6 Å². The van der Waals surface area contributed by atoms with E-state index in [4.69, 9.17) is 5.73 Å². The van der Waals surface area contributed by atoms with Crippen LogP contribution in [0.3, 0.4) is 0 Å². The maximum absolute atomic E-state index is 13.7.